The molecule has 4 aromatic rings. The highest BCUT2D eigenvalue weighted by Gasteiger charge is 2.39. The zero-order chi connectivity index (χ0) is 36.6. The molecule has 0 saturated carbocycles. The standard InChI is InChI=1S/C40H38N6O7/c47-31-8-4-7-28(19-31)45-17-15-43(23-30(45)21-36-39(51)42-40(52)53-36)27-11-9-25(10-12-27)32-14-13-29(20-35(32)48)46-18-16-44(26-5-2-1-3-6-26)24-34(46)33-22-37(49)41-38(33)50/h1-14,19-20,22,30,34,36,47-48H,15-18,21,23-24H2,(H,41,49,50)(H,42,51,52). The van der Waals surface area contributed by atoms with E-state index < -0.39 is 36.0 Å². The molecule has 0 aliphatic carbocycles. The Kier molecular flexibility index (Phi) is 8.82. The summed E-state index contributed by atoms with van der Waals surface area (Å²) in [4.78, 5) is 57.7. The van der Waals surface area contributed by atoms with Gasteiger partial charge in [0.1, 0.15) is 11.5 Å². The Hall–Kier alpha value is -6.50. The van der Waals surface area contributed by atoms with Crippen molar-refractivity contribution in [3.05, 3.63) is 109 Å². The molecule has 0 bridgehead atoms. The van der Waals surface area contributed by atoms with Crippen molar-refractivity contribution in [1.29, 1.82) is 0 Å². The van der Waals surface area contributed by atoms with Gasteiger partial charge in [-0.1, -0.05) is 36.4 Å². The third-order valence-corrected chi connectivity index (χ3v) is 10.4. The molecular formula is C40H38N6O7. The molecule has 3 atom stereocenters. The van der Waals surface area contributed by atoms with Crippen LogP contribution in [0, 0.1) is 0 Å². The maximum Gasteiger partial charge on any atom is 0.414 e. The second kappa shape index (κ2) is 13.9. The summed E-state index contributed by atoms with van der Waals surface area (Å²) in [6.07, 6.45) is 0.00346. The quantitative estimate of drug-likeness (QED) is 0.197. The smallest absolute Gasteiger partial charge is 0.414 e. The molecule has 4 aliphatic heterocycles. The first-order valence-electron chi connectivity index (χ1n) is 17.6. The number of hydrogen-bond donors (Lipinski definition) is 4. The number of alkyl carbamates (subject to hydrolysis) is 1. The van der Waals surface area contributed by atoms with Crippen LogP contribution in [0.25, 0.3) is 11.1 Å². The summed E-state index contributed by atoms with van der Waals surface area (Å²) in [6.45, 7) is 3.56. The highest BCUT2D eigenvalue weighted by Crippen LogP contribution is 2.37. The Balaban J connectivity index is 1.00. The van der Waals surface area contributed by atoms with Crippen LogP contribution in [-0.2, 0) is 19.1 Å². The van der Waals surface area contributed by atoms with Crippen LogP contribution in [0.2, 0.25) is 0 Å². The average Bonchev–Trinajstić information content (AvgIpc) is 3.68. The summed E-state index contributed by atoms with van der Waals surface area (Å²) >= 11 is 0. The Labute approximate surface area is 305 Å². The minimum atomic E-state index is -0.905. The fourth-order valence-electron chi connectivity index (χ4n) is 7.80. The van der Waals surface area contributed by atoms with E-state index in [2.05, 4.69) is 30.2 Å². The molecule has 3 unspecified atom stereocenters. The van der Waals surface area contributed by atoms with E-state index in [-0.39, 0.29) is 24.0 Å². The van der Waals surface area contributed by atoms with Crippen LogP contribution in [-0.4, -0.2) is 91.5 Å². The fraction of sp³-hybridized carbons (Fsp3) is 0.250. The molecule has 270 valence electrons. The summed E-state index contributed by atoms with van der Waals surface area (Å²) in [5, 5.41) is 26.1. The number of amides is 4. The van der Waals surface area contributed by atoms with Crippen molar-refractivity contribution in [2.75, 3.05) is 58.9 Å². The summed E-state index contributed by atoms with van der Waals surface area (Å²) in [7, 11) is 0. The molecule has 4 aromatic carbocycles. The first-order chi connectivity index (χ1) is 25.7. The van der Waals surface area contributed by atoms with E-state index in [1.165, 1.54) is 6.08 Å². The van der Waals surface area contributed by atoms with E-state index in [0.717, 1.165) is 28.3 Å². The predicted molar refractivity (Wildman–Crippen MR) is 199 cm³/mol. The number of carbonyl (C=O) groups excluding carboxylic acids is 4. The monoisotopic (exact) mass is 714 g/mol. The van der Waals surface area contributed by atoms with Gasteiger partial charge in [0.2, 0.25) is 0 Å². The number of nitrogens with one attached hydrogen (secondary N) is 2. The number of hydrogen-bond acceptors (Lipinski definition) is 11. The Bertz CT molecular complexity index is 2110. The molecule has 53 heavy (non-hydrogen) atoms. The summed E-state index contributed by atoms with van der Waals surface area (Å²) < 4.78 is 5.25. The van der Waals surface area contributed by atoms with E-state index in [9.17, 15) is 29.4 Å². The minimum Gasteiger partial charge on any atom is -0.508 e. The number of aromatic hydroxyl groups is 2. The highest BCUT2D eigenvalue weighted by atomic mass is 16.6. The SMILES string of the molecule is O=C1C=C(C2CN(c3ccccc3)CCN2c2ccc(-c3ccc(N4CCN(c5cccc(O)c5)C(CC5OC(=O)NC5=O)C4)cc3)c(O)c2)C(=O)N1. The van der Waals surface area contributed by atoms with E-state index in [4.69, 9.17) is 4.74 Å². The number of carbonyl (C=O) groups is 4. The molecule has 8 rings (SSSR count). The Morgan fingerprint density at radius 2 is 1.36 bits per heavy atom. The first kappa shape index (κ1) is 33.6. The second-order valence-electron chi connectivity index (χ2n) is 13.6. The number of benzene rings is 4. The maximum absolute atomic E-state index is 12.8. The molecule has 4 aliphatic rings. The van der Waals surface area contributed by atoms with Crippen molar-refractivity contribution in [1.82, 2.24) is 10.6 Å². The van der Waals surface area contributed by atoms with Gasteiger partial charge in [-0.05, 0) is 54.1 Å². The number of para-hydroxylation sites is 1. The lowest BCUT2D eigenvalue weighted by atomic mass is 9.99. The van der Waals surface area contributed by atoms with Gasteiger partial charge in [-0.15, -0.1) is 0 Å². The molecule has 13 heteroatoms. The van der Waals surface area contributed by atoms with Gasteiger partial charge in [-0.25, -0.2) is 4.79 Å². The lowest BCUT2D eigenvalue weighted by molar-refractivity contribution is -0.125. The van der Waals surface area contributed by atoms with Crippen LogP contribution < -0.4 is 30.2 Å². The average molecular weight is 715 g/mol. The molecule has 13 nitrogen and oxygen atoms in total. The molecule has 0 spiro atoms. The number of anilines is 4. The van der Waals surface area contributed by atoms with Crippen LogP contribution in [0.1, 0.15) is 6.42 Å². The molecule has 0 radical (unpaired) electrons. The predicted octanol–water partition coefficient (Wildman–Crippen LogP) is 3.76. The van der Waals surface area contributed by atoms with Gasteiger partial charge in [0.15, 0.2) is 6.10 Å². The van der Waals surface area contributed by atoms with Crippen LogP contribution >= 0.6 is 0 Å². The normalized spacial score (nSPS) is 21.7. The highest BCUT2D eigenvalue weighted by molar-refractivity contribution is 6.17. The molecule has 0 aromatic heterocycles. The van der Waals surface area contributed by atoms with Gasteiger partial charge >= 0.3 is 6.09 Å². The largest absolute Gasteiger partial charge is 0.508 e. The zero-order valence-electron chi connectivity index (χ0n) is 28.7. The Morgan fingerprint density at radius 3 is 2.04 bits per heavy atom. The van der Waals surface area contributed by atoms with Crippen molar-refractivity contribution in [2.24, 2.45) is 0 Å². The number of piperazine rings is 2. The number of nitrogens with zero attached hydrogens (tertiary/aromatic N) is 4. The topological polar surface area (TPSA) is 155 Å². The third kappa shape index (κ3) is 6.80. The van der Waals surface area contributed by atoms with Gasteiger partial charge < -0.3 is 34.5 Å². The summed E-state index contributed by atoms with van der Waals surface area (Å²) in [5.74, 6) is -1.06. The number of cyclic esters (lactones) is 1. The van der Waals surface area contributed by atoms with Gasteiger partial charge in [0.25, 0.3) is 17.7 Å². The molecule has 3 fully saturated rings. The van der Waals surface area contributed by atoms with E-state index in [1.54, 1.807) is 24.3 Å². The van der Waals surface area contributed by atoms with Crippen LogP contribution in [0.15, 0.2) is 109 Å². The van der Waals surface area contributed by atoms with Gasteiger partial charge in [-0.2, -0.15) is 0 Å². The van der Waals surface area contributed by atoms with Crippen LogP contribution in [0.4, 0.5) is 27.5 Å². The molecule has 3 saturated heterocycles. The number of rotatable bonds is 8. The zero-order valence-corrected chi connectivity index (χ0v) is 28.7. The summed E-state index contributed by atoms with van der Waals surface area (Å²) in [6, 6.07) is 29.7. The molecule has 4 N–H and O–H groups in total. The number of phenolic OH excluding ortho intramolecular Hbond substituents is 2. The van der Waals surface area contributed by atoms with Crippen molar-refractivity contribution in [2.45, 2.75) is 24.6 Å². The number of imide groups is 2. The number of ether oxygens (including phenoxy) is 1. The minimum absolute atomic E-state index is 0.0876. The van der Waals surface area contributed by atoms with Gasteiger partial charge in [-0.3, -0.25) is 25.0 Å². The van der Waals surface area contributed by atoms with Crippen molar-refractivity contribution in [3.63, 3.8) is 0 Å². The molecule has 4 amide bonds. The van der Waals surface area contributed by atoms with E-state index in [1.807, 2.05) is 72.8 Å². The van der Waals surface area contributed by atoms with E-state index in [0.29, 0.717) is 50.4 Å². The fourth-order valence-corrected chi connectivity index (χ4v) is 7.80. The number of phenols is 2. The summed E-state index contributed by atoms with van der Waals surface area (Å²) in [5.41, 5.74) is 5.40. The van der Waals surface area contributed by atoms with Crippen molar-refractivity contribution >= 4 is 46.6 Å². The lowest BCUT2D eigenvalue weighted by Crippen LogP contribution is -2.55. The lowest BCUT2D eigenvalue weighted by Gasteiger charge is -2.44. The first-order valence-corrected chi connectivity index (χ1v) is 17.6. The third-order valence-electron chi connectivity index (χ3n) is 10.4. The Morgan fingerprint density at radius 1 is 0.679 bits per heavy atom. The second-order valence-corrected chi connectivity index (χ2v) is 13.6. The van der Waals surface area contributed by atoms with Crippen molar-refractivity contribution < 1.29 is 34.1 Å². The van der Waals surface area contributed by atoms with E-state index >= 15 is 0 Å². The van der Waals surface area contributed by atoms with Gasteiger partial charge in [0, 0.05) is 97.8 Å². The van der Waals surface area contributed by atoms with Crippen LogP contribution in [0.5, 0.6) is 11.5 Å². The molecular weight excluding hydrogens is 676 g/mol. The van der Waals surface area contributed by atoms with Gasteiger partial charge in [0.05, 0.1) is 12.1 Å². The van der Waals surface area contributed by atoms with Crippen molar-refractivity contribution in [3.8, 4) is 22.6 Å². The molecule has 4 heterocycles. The van der Waals surface area contributed by atoms with Crippen LogP contribution in [0.3, 0.4) is 0 Å². The maximum atomic E-state index is 12.8.